The largest absolute Gasteiger partial charge is 0.454 e. The van der Waals surface area contributed by atoms with E-state index in [9.17, 15) is 0 Å². The maximum absolute atomic E-state index is 5.40. The minimum absolute atomic E-state index is 0.261. The molecule has 0 bridgehead atoms. The van der Waals surface area contributed by atoms with Gasteiger partial charge in [-0.2, -0.15) is 0 Å². The molecule has 3 aromatic rings. The lowest BCUT2D eigenvalue weighted by molar-refractivity contribution is 0.173. The van der Waals surface area contributed by atoms with Crippen LogP contribution >= 0.6 is 0 Å². The molecular formula is C15H10N2O4. The van der Waals surface area contributed by atoms with Crippen LogP contribution in [0.25, 0.3) is 22.4 Å². The van der Waals surface area contributed by atoms with E-state index in [0.29, 0.717) is 0 Å². The summed E-state index contributed by atoms with van der Waals surface area (Å²) in [4.78, 5) is 7.89. The molecule has 0 radical (unpaired) electrons. The summed E-state index contributed by atoms with van der Waals surface area (Å²) in [6, 6.07) is 9.54. The maximum atomic E-state index is 5.40. The fourth-order valence-electron chi connectivity index (χ4n) is 2.58. The molecule has 0 saturated carbocycles. The molecule has 3 heterocycles. The van der Waals surface area contributed by atoms with Crippen molar-refractivity contribution >= 4 is 11.0 Å². The van der Waals surface area contributed by atoms with Crippen LogP contribution in [0.5, 0.6) is 23.0 Å². The SMILES string of the molecule is c1cc2c(cc1-c1nc3cc4c(cc3[nH]1)OCO4)OCO2. The van der Waals surface area contributed by atoms with Gasteiger partial charge < -0.3 is 23.9 Å². The van der Waals surface area contributed by atoms with E-state index in [1.54, 1.807) is 0 Å². The molecule has 0 aliphatic carbocycles. The topological polar surface area (TPSA) is 65.6 Å². The van der Waals surface area contributed by atoms with Crippen LogP contribution in [0, 0.1) is 0 Å². The summed E-state index contributed by atoms with van der Waals surface area (Å²) in [6.45, 7) is 0.525. The van der Waals surface area contributed by atoms with Gasteiger partial charge in [0.1, 0.15) is 5.82 Å². The third-order valence-electron chi connectivity index (χ3n) is 3.62. The number of nitrogens with one attached hydrogen (secondary N) is 1. The van der Waals surface area contributed by atoms with Crippen LogP contribution in [0.3, 0.4) is 0 Å². The molecule has 21 heavy (non-hydrogen) atoms. The lowest BCUT2D eigenvalue weighted by atomic mass is 10.2. The van der Waals surface area contributed by atoms with Crippen LogP contribution in [-0.4, -0.2) is 23.6 Å². The lowest BCUT2D eigenvalue weighted by Gasteiger charge is -1.99. The third kappa shape index (κ3) is 1.56. The van der Waals surface area contributed by atoms with E-state index in [2.05, 4.69) is 9.97 Å². The van der Waals surface area contributed by atoms with E-state index in [-0.39, 0.29) is 13.6 Å². The van der Waals surface area contributed by atoms with Crippen LogP contribution in [0.1, 0.15) is 0 Å². The van der Waals surface area contributed by atoms with Crippen molar-refractivity contribution in [3.8, 4) is 34.4 Å². The fourth-order valence-corrected chi connectivity index (χ4v) is 2.58. The number of imidazole rings is 1. The monoisotopic (exact) mass is 282 g/mol. The number of benzene rings is 2. The molecule has 0 unspecified atom stereocenters. The summed E-state index contributed by atoms with van der Waals surface area (Å²) in [5.41, 5.74) is 2.69. The Kier molecular flexibility index (Phi) is 1.97. The van der Waals surface area contributed by atoms with Crippen molar-refractivity contribution in [2.24, 2.45) is 0 Å². The Morgan fingerprint density at radius 1 is 0.810 bits per heavy atom. The smallest absolute Gasteiger partial charge is 0.231 e. The van der Waals surface area contributed by atoms with E-state index >= 15 is 0 Å². The molecule has 2 aliphatic rings. The van der Waals surface area contributed by atoms with E-state index < -0.39 is 0 Å². The van der Waals surface area contributed by atoms with Gasteiger partial charge in [0, 0.05) is 17.7 Å². The zero-order chi connectivity index (χ0) is 13.8. The van der Waals surface area contributed by atoms with Gasteiger partial charge in [0.2, 0.25) is 13.6 Å². The molecule has 0 saturated heterocycles. The molecule has 6 nitrogen and oxygen atoms in total. The van der Waals surface area contributed by atoms with Crippen molar-refractivity contribution < 1.29 is 18.9 Å². The molecule has 0 fully saturated rings. The first-order valence-electron chi connectivity index (χ1n) is 6.56. The third-order valence-corrected chi connectivity index (χ3v) is 3.62. The number of aromatic amines is 1. The Balaban J connectivity index is 1.64. The van der Waals surface area contributed by atoms with Gasteiger partial charge in [0.05, 0.1) is 11.0 Å². The van der Waals surface area contributed by atoms with Gasteiger partial charge in [-0.3, -0.25) is 0 Å². The molecule has 0 amide bonds. The standard InChI is InChI=1S/C15H10N2O4/c1-2-11-12(19-6-18-11)3-8(1)15-16-9-4-13-14(21-7-20-13)5-10(9)17-15/h1-5H,6-7H2,(H,16,17). The second kappa shape index (κ2) is 3.82. The summed E-state index contributed by atoms with van der Waals surface area (Å²) >= 11 is 0. The predicted octanol–water partition coefficient (Wildman–Crippen LogP) is 2.69. The second-order valence-corrected chi connectivity index (χ2v) is 4.88. The van der Waals surface area contributed by atoms with Gasteiger partial charge in [-0.25, -0.2) is 4.98 Å². The highest BCUT2D eigenvalue weighted by atomic mass is 16.7. The highest BCUT2D eigenvalue weighted by molar-refractivity contribution is 5.83. The number of ether oxygens (including phenoxy) is 4. The Bertz CT molecular complexity index is 830. The Morgan fingerprint density at radius 2 is 1.52 bits per heavy atom. The van der Waals surface area contributed by atoms with Crippen LogP contribution < -0.4 is 18.9 Å². The molecular weight excluding hydrogens is 272 g/mol. The summed E-state index contributed by atoms with van der Waals surface area (Å²) in [7, 11) is 0. The number of aromatic nitrogens is 2. The van der Waals surface area contributed by atoms with Gasteiger partial charge in [-0.15, -0.1) is 0 Å². The van der Waals surface area contributed by atoms with Crippen molar-refractivity contribution in [1.82, 2.24) is 9.97 Å². The number of rotatable bonds is 1. The van der Waals surface area contributed by atoms with Gasteiger partial charge >= 0.3 is 0 Å². The Hall–Kier alpha value is -2.89. The second-order valence-electron chi connectivity index (χ2n) is 4.88. The van der Waals surface area contributed by atoms with Crippen LogP contribution in [0.2, 0.25) is 0 Å². The van der Waals surface area contributed by atoms with Crippen LogP contribution in [0.15, 0.2) is 30.3 Å². The lowest BCUT2D eigenvalue weighted by Crippen LogP contribution is -1.93. The van der Waals surface area contributed by atoms with E-state index in [1.165, 1.54) is 0 Å². The van der Waals surface area contributed by atoms with Gasteiger partial charge in [-0.05, 0) is 18.2 Å². The van der Waals surface area contributed by atoms with Gasteiger partial charge in [0.25, 0.3) is 0 Å². The first-order valence-corrected chi connectivity index (χ1v) is 6.56. The molecule has 1 aromatic heterocycles. The summed E-state index contributed by atoms with van der Waals surface area (Å²) < 4.78 is 21.5. The van der Waals surface area contributed by atoms with Gasteiger partial charge in [0.15, 0.2) is 23.0 Å². The molecule has 2 aromatic carbocycles. The predicted molar refractivity (Wildman–Crippen MR) is 73.8 cm³/mol. The number of hydrogen-bond donors (Lipinski definition) is 1. The molecule has 0 spiro atoms. The average molecular weight is 282 g/mol. The number of fused-ring (bicyclic) bond motifs is 3. The van der Waals surface area contributed by atoms with Crippen molar-refractivity contribution in [2.45, 2.75) is 0 Å². The van der Waals surface area contributed by atoms with E-state index in [4.69, 9.17) is 18.9 Å². The first kappa shape index (κ1) is 10.8. The van der Waals surface area contributed by atoms with Gasteiger partial charge in [-0.1, -0.05) is 0 Å². The molecule has 6 heteroatoms. The van der Waals surface area contributed by atoms with Crippen molar-refractivity contribution in [3.05, 3.63) is 30.3 Å². The maximum Gasteiger partial charge on any atom is 0.231 e. The summed E-state index contributed by atoms with van der Waals surface area (Å²) in [6.07, 6.45) is 0. The molecule has 2 aliphatic heterocycles. The van der Waals surface area contributed by atoms with Crippen LogP contribution in [0.4, 0.5) is 0 Å². The zero-order valence-electron chi connectivity index (χ0n) is 10.9. The number of H-pyrrole nitrogens is 1. The average Bonchev–Trinajstić information content (AvgIpc) is 3.21. The van der Waals surface area contributed by atoms with Crippen molar-refractivity contribution in [1.29, 1.82) is 0 Å². The summed E-state index contributed by atoms with van der Waals surface area (Å²) in [5, 5.41) is 0. The minimum Gasteiger partial charge on any atom is -0.454 e. The molecule has 0 atom stereocenters. The molecule has 5 rings (SSSR count). The zero-order valence-corrected chi connectivity index (χ0v) is 10.9. The molecule has 104 valence electrons. The Morgan fingerprint density at radius 3 is 2.38 bits per heavy atom. The first-order chi connectivity index (χ1) is 10.4. The minimum atomic E-state index is 0.261. The highest BCUT2D eigenvalue weighted by Gasteiger charge is 2.18. The normalized spacial score (nSPS) is 14.9. The number of nitrogens with zero attached hydrogens (tertiary/aromatic N) is 1. The van der Waals surface area contributed by atoms with E-state index in [1.807, 2.05) is 30.3 Å². The van der Waals surface area contributed by atoms with Crippen molar-refractivity contribution in [3.63, 3.8) is 0 Å². The fraction of sp³-hybridized carbons (Fsp3) is 0.133. The summed E-state index contributed by atoms with van der Waals surface area (Å²) in [5.74, 6) is 3.74. The Labute approximate surface area is 119 Å². The number of hydrogen-bond acceptors (Lipinski definition) is 5. The van der Waals surface area contributed by atoms with Crippen LogP contribution in [-0.2, 0) is 0 Å². The quantitative estimate of drug-likeness (QED) is 0.743. The molecule has 1 N–H and O–H groups in total. The van der Waals surface area contributed by atoms with Crippen molar-refractivity contribution in [2.75, 3.05) is 13.6 Å². The highest BCUT2D eigenvalue weighted by Crippen LogP contribution is 2.38. The van der Waals surface area contributed by atoms with E-state index in [0.717, 1.165) is 45.4 Å².